The fourth-order valence-corrected chi connectivity index (χ4v) is 20.7. The molecule has 2 heteroatoms. The summed E-state index contributed by atoms with van der Waals surface area (Å²) in [6.07, 6.45) is 0. The number of hydrogen-bond acceptors (Lipinski definition) is 0. The third-order valence-electron chi connectivity index (χ3n) is 8.60. The molecular formula is C44H32Sb2. The first-order valence-electron chi connectivity index (χ1n) is 15.7. The van der Waals surface area contributed by atoms with Crippen LogP contribution in [0.2, 0.25) is 0 Å². The van der Waals surface area contributed by atoms with Gasteiger partial charge in [-0.2, -0.15) is 0 Å². The molecule has 0 saturated heterocycles. The molecule has 46 heavy (non-hydrogen) atoms. The van der Waals surface area contributed by atoms with Crippen molar-refractivity contribution >= 4 is 83.0 Å². The first-order valence-corrected chi connectivity index (χ1v) is 23.4. The molecular weight excluding hydrogens is 772 g/mol. The van der Waals surface area contributed by atoms with E-state index >= 15 is 0 Å². The Balaban J connectivity index is 1.53. The molecule has 0 fully saturated rings. The van der Waals surface area contributed by atoms with Crippen LogP contribution in [-0.2, 0) is 0 Å². The fraction of sp³-hybridized carbons (Fsp3) is 0. The summed E-state index contributed by atoms with van der Waals surface area (Å²) in [4.78, 5) is 0. The molecule has 0 unspecified atom stereocenters. The van der Waals surface area contributed by atoms with Crippen LogP contribution >= 0.6 is 0 Å². The molecule has 0 nitrogen and oxygen atoms in total. The molecule has 8 aromatic rings. The Morgan fingerprint density at radius 3 is 0.848 bits per heavy atom. The van der Waals surface area contributed by atoms with Gasteiger partial charge >= 0.3 is 288 Å². The summed E-state index contributed by atoms with van der Waals surface area (Å²) >= 11 is -5.03. The van der Waals surface area contributed by atoms with E-state index in [-0.39, 0.29) is 0 Å². The van der Waals surface area contributed by atoms with E-state index in [0.717, 1.165) is 0 Å². The van der Waals surface area contributed by atoms with Gasteiger partial charge in [-0.15, -0.1) is 0 Å². The van der Waals surface area contributed by atoms with Gasteiger partial charge in [0.2, 0.25) is 0 Å². The molecule has 0 heterocycles. The van der Waals surface area contributed by atoms with Crippen molar-refractivity contribution in [1.29, 1.82) is 0 Å². The quantitative estimate of drug-likeness (QED) is 0.158. The van der Waals surface area contributed by atoms with Crippen LogP contribution < -0.4 is 21.1 Å². The second-order valence-corrected chi connectivity index (χ2v) is 23.8. The Hall–Kier alpha value is -4.08. The Morgan fingerprint density at radius 2 is 0.522 bits per heavy atom. The number of benzene rings is 8. The van der Waals surface area contributed by atoms with Gasteiger partial charge in [-0.25, -0.2) is 0 Å². The van der Waals surface area contributed by atoms with Crippen molar-refractivity contribution in [2.45, 2.75) is 0 Å². The minimum absolute atomic E-state index is 1.30. The zero-order valence-electron chi connectivity index (χ0n) is 25.4. The summed E-state index contributed by atoms with van der Waals surface area (Å²) in [5.74, 6) is 0. The topological polar surface area (TPSA) is 0 Å². The Morgan fingerprint density at radius 1 is 0.239 bits per heavy atom. The molecule has 0 N–H and O–H groups in total. The summed E-state index contributed by atoms with van der Waals surface area (Å²) in [6, 6.07) is 73.1. The maximum absolute atomic E-state index is 2.51. The number of rotatable bonds is 7. The molecule has 0 atom stereocenters. The molecule has 0 spiro atoms. The Labute approximate surface area is 285 Å². The monoisotopic (exact) mass is 802 g/mol. The summed E-state index contributed by atoms with van der Waals surface area (Å²) in [6.45, 7) is 0. The average Bonchev–Trinajstić information content (AvgIpc) is 3.14. The average molecular weight is 804 g/mol. The van der Waals surface area contributed by atoms with E-state index in [0.29, 0.717) is 0 Å². The van der Waals surface area contributed by atoms with E-state index in [4.69, 9.17) is 0 Å². The molecule has 8 rings (SSSR count). The number of hydrogen-bond donors (Lipinski definition) is 0. The minimum atomic E-state index is -2.51. The normalized spacial score (nSPS) is 11.4. The van der Waals surface area contributed by atoms with Crippen LogP contribution in [-0.4, -0.2) is 40.4 Å². The SMILES string of the molecule is c1cc[c]([Sb]([c]2ccccc2)[c]2ccc3ccccc3c2-c2[c]([Sb]([c]3ccccc3)[c]3ccccc3)ccc3ccccc23)cc1. The van der Waals surface area contributed by atoms with Crippen LogP contribution in [0.4, 0.5) is 0 Å². The van der Waals surface area contributed by atoms with Crippen molar-refractivity contribution in [1.82, 2.24) is 0 Å². The van der Waals surface area contributed by atoms with Gasteiger partial charge in [0.1, 0.15) is 0 Å². The predicted octanol–water partition coefficient (Wildman–Crippen LogP) is 6.69. The van der Waals surface area contributed by atoms with Crippen molar-refractivity contribution in [2.24, 2.45) is 0 Å². The van der Waals surface area contributed by atoms with Crippen molar-refractivity contribution in [3.8, 4) is 11.1 Å². The predicted molar refractivity (Wildman–Crippen MR) is 202 cm³/mol. The summed E-state index contributed by atoms with van der Waals surface area (Å²) in [5.41, 5.74) is 2.86. The first-order chi connectivity index (χ1) is 22.9. The van der Waals surface area contributed by atoms with Gasteiger partial charge in [0.15, 0.2) is 0 Å². The van der Waals surface area contributed by atoms with Crippen LogP contribution in [0, 0.1) is 0 Å². The summed E-state index contributed by atoms with van der Waals surface area (Å²) in [7, 11) is 0. The molecule has 0 aliphatic heterocycles. The fourth-order valence-electron chi connectivity index (χ4n) is 6.58. The van der Waals surface area contributed by atoms with Crippen LogP contribution in [0.1, 0.15) is 0 Å². The van der Waals surface area contributed by atoms with Gasteiger partial charge in [-0.05, 0) is 0 Å². The van der Waals surface area contributed by atoms with Gasteiger partial charge < -0.3 is 0 Å². The number of fused-ring (bicyclic) bond motifs is 2. The van der Waals surface area contributed by atoms with Crippen molar-refractivity contribution in [3.05, 3.63) is 194 Å². The van der Waals surface area contributed by atoms with E-state index in [9.17, 15) is 0 Å². The van der Waals surface area contributed by atoms with Crippen LogP contribution in [0.3, 0.4) is 0 Å². The van der Waals surface area contributed by atoms with E-state index in [1.807, 2.05) is 0 Å². The van der Waals surface area contributed by atoms with Gasteiger partial charge in [0.25, 0.3) is 0 Å². The van der Waals surface area contributed by atoms with Crippen LogP contribution in [0.15, 0.2) is 194 Å². The zero-order chi connectivity index (χ0) is 30.7. The van der Waals surface area contributed by atoms with Crippen LogP contribution in [0.5, 0.6) is 0 Å². The second-order valence-electron chi connectivity index (χ2n) is 11.4. The second kappa shape index (κ2) is 13.3. The van der Waals surface area contributed by atoms with Gasteiger partial charge in [-0.1, -0.05) is 0 Å². The first kappa shape index (κ1) is 29.3. The molecule has 0 aliphatic rings. The van der Waals surface area contributed by atoms with Crippen molar-refractivity contribution in [3.63, 3.8) is 0 Å². The van der Waals surface area contributed by atoms with E-state index in [2.05, 4.69) is 194 Å². The van der Waals surface area contributed by atoms with Gasteiger partial charge in [0, 0.05) is 0 Å². The van der Waals surface area contributed by atoms with Crippen LogP contribution in [0.25, 0.3) is 32.7 Å². The summed E-state index contributed by atoms with van der Waals surface area (Å²) < 4.78 is 8.99. The molecule has 0 amide bonds. The molecule has 8 aromatic carbocycles. The van der Waals surface area contributed by atoms with Crippen molar-refractivity contribution in [2.75, 3.05) is 0 Å². The molecule has 0 saturated carbocycles. The molecule has 0 bridgehead atoms. The van der Waals surface area contributed by atoms with E-state index in [1.54, 1.807) is 0 Å². The molecule has 0 radical (unpaired) electrons. The summed E-state index contributed by atoms with van der Waals surface area (Å²) in [5, 5.41) is 5.29. The van der Waals surface area contributed by atoms with E-state index < -0.39 is 40.4 Å². The molecule has 0 aromatic heterocycles. The Kier molecular flexibility index (Phi) is 8.50. The third-order valence-corrected chi connectivity index (χ3v) is 22.8. The third kappa shape index (κ3) is 5.60. The Bertz CT molecular complexity index is 2000. The van der Waals surface area contributed by atoms with E-state index in [1.165, 1.54) is 53.7 Å². The molecule has 0 aliphatic carbocycles. The zero-order valence-corrected chi connectivity index (χ0v) is 30.5. The standard InChI is InChI=1S/C20H12.4C6H5.2Sb/c1-3-11-17-15(7-1)9-5-13-19(17)20-14-6-10-16-8-2-4-12-18(16)20;4*1-2-4-6-5-3-1;;/h1-12H;4*1-5H;;. The van der Waals surface area contributed by atoms with Gasteiger partial charge in [-0.3, -0.25) is 0 Å². The van der Waals surface area contributed by atoms with Gasteiger partial charge in [0.05, 0.1) is 0 Å². The maximum atomic E-state index is 2.48. The van der Waals surface area contributed by atoms with Crippen molar-refractivity contribution < 1.29 is 0 Å². The molecule has 218 valence electrons.